The zero-order valence-electron chi connectivity index (χ0n) is 23.7. The lowest BCUT2D eigenvalue weighted by Gasteiger charge is -2.33. The van der Waals surface area contributed by atoms with Crippen molar-refractivity contribution >= 4 is 12.1 Å². The molecule has 0 radical (unpaired) electrons. The summed E-state index contributed by atoms with van der Waals surface area (Å²) in [5, 5.41) is 23.2. The number of rotatable bonds is 12. The summed E-state index contributed by atoms with van der Waals surface area (Å²) in [6, 6.07) is 23.2. The molecule has 4 atom stereocenters. The molecule has 1 amide bonds. The number of alkyl carbamates (subject to hydrolysis) is 1. The molecule has 0 heterocycles. The first kappa shape index (κ1) is 30.5. The lowest BCUT2D eigenvalue weighted by Crippen LogP contribution is -2.49. The summed E-state index contributed by atoms with van der Waals surface area (Å²) >= 11 is 0. The normalized spacial score (nSPS) is 14.3. The van der Waals surface area contributed by atoms with Crippen LogP contribution in [0.1, 0.15) is 57.2 Å². The van der Waals surface area contributed by atoms with Crippen LogP contribution >= 0.6 is 0 Å². The summed E-state index contributed by atoms with van der Waals surface area (Å²) in [6.07, 6.45) is -1.72. The van der Waals surface area contributed by atoms with E-state index < -0.39 is 41.6 Å². The molecule has 3 rings (SSSR count). The maximum absolute atomic E-state index is 12.6. The predicted molar refractivity (Wildman–Crippen MR) is 152 cm³/mol. The lowest BCUT2D eigenvalue weighted by molar-refractivity contribution is -0.140. The van der Waals surface area contributed by atoms with Gasteiger partial charge in [-0.3, -0.25) is 0 Å². The first-order valence-electron chi connectivity index (χ1n) is 13.3. The van der Waals surface area contributed by atoms with E-state index in [0.717, 1.165) is 11.1 Å². The highest BCUT2D eigenvalue weighted by Crippen LogP contribution is 2.37. The molecule has 3 N–H and O–H groups in total. The van der Waals surface area contributed by atoms with Gasteiger partial charge in [0.05, 0.1) is 6.10 Å². The molecule has 3 aromatic carbocycles. The van der Waals surface area contributed by atoms with E-state index in [1.54, 1.807) is 52.8 Å². The highest BCUT2D eigenvalue weighted by Gasteiger charge is 2.38. The van der Waals surface area contributed by atoms with Gasteiger partial charge in [-0.1, -0.05) is 73.7 Å². The Labute approximate surface area is 235 Å². The Balaban J connectivity index is 1.99. The van der Waals surface area contributed by atoms with Crippen LogP contribution in [0.2, 0.25) is 0 Å². The molecule has 0 saturated heterocycles. The van der Waals surface area contributed by atoms with Gasteiger partial charge in [-0.05, 0) is 62.4 Å². The fraction of sp³-hybridized carbons (Fsp3) is 0.375. The predicted octanol–water partition coefficient (Wildman–Crippen LogP) is 5.92. The van der Waals surface area contributed by atoms with Gasteiger partial charge in [0.15, 0.2) is 11.5 Å². The summed E-state index contributed by atoms with van der Waals surface area (Å²) in [5.41, 5.74) is 1.68. The zero-order valence-corrected chi connectivity index (χ0v) is 23.7. The Morgan fingerprint density at radius 2 is 1.35 bits per heavy atom. The smallest absolute Gasteiger partial charge is 0.408 e. The molecule has 0 aliphatic carbocycles. The Kier molecular flexibility index (Phi) is 10.6. The maximum Gasteiger partial charge on any atom is 0.408 e. The van der Waals surface area contributed by atoms with Crippen LogP contribution in [-0.4, -0.2) is 40.0 Å². The number of ether oxygens (including phenoxy) is 3. The summed E-state index contributed by atoms with van der Waals surface area (Å²) in [5.74, 6) is -1.71. The molecule has 8 heteroatoms. The topological polar surface area (TPSA) is 114 Å². The number of carbonyl (C=O) groups excluding carboxylic acids is 1. The quantitative estimate of drug-likeness (QED) is 0.257. The second-order valence-electron chi connectivity index (χ2n) is 10.8. The third-order valence-corrected chi connectivity index (χ3v) is 6.45. The van der Waals surface area contributed by atoms with E-state index in [-0.39, 0.29) is 6.61 Å². The van der Waals surface area contributed by atoms with Crippen LogP contribution in [0.3, 0.4) is 0 Å². The number of hydrogen-bond donors (Lipinski definition) is 3. The van der Waals surface area contributed by atoms with Gasteiger partial charge < -0.3 is 29.7 Å². The van der Waals surface area contributed by atoms with E-state index in [1.807, 2.05) is 60.7 Å². The van der Waals surface area contributed by atoms with Gasteiger partial charge in [-0.15, -0.1) is 0 Å². The molecule has 3 aromatic rings. The zero-order chi connectivity index (χ0) is 29.3. The number of carboxylic acid groups (broad SMARTS) is 1. The Morgan fingerprint density at radius 3 is 1.82 bits per heavy atom. The number of amides is 1. The molecule has 0 fully saturated rings. The molecule has 0 aliphatic rings. The molecule has 0 spiro atoms. The largest absolute Gasteiger partial charge is 0.485 e. The molecule has 8 nitrogen and oxygen atoms in total. The Hall–Kier alpha value is -4.04. The third kappa shape index (κ3) is 9.02. The highest BCUT2D eigenvalue weighted by molar-refractivity contribution is 5.81. The minimum Gasteiger partial charge on any atom is -0.485 e. The standard InChI is InChI=1S/C32H39NO7/c1-21(22(2)34)28(29(30(35)36)33-31(37)40-32(3,4)5)25-16-17-26(38-19-23-12-8-6-9-13-23)27(18-25)39-20-24-14-10-7-11-15-24/h6-18,21-22,28-29,34H,19-20H2,1-5H3,(H,33,37)(H,35,36)/t21?,22?,28?,29-/m1/s1. The fourth-order valence-corrected chi connectivity index (χ4v) is 4.27. The minimum atomic E-state index is -1.38. The number of hydrogen-bond acceptors (Lipinski definition) is 6. The summed E-state index contributed by atoms with van der Waals surface area (Å²) in [6.45, 7) is 9.00. The number of benzene rings is 3. The second kappa shape index (κ2) is 13.8. The van der Waals surface area contributed by atoms with Crippen LogP contribution in [0.15, 0.2) is 78.9 Å². The van der Waals surface area contributed by atoms with Crippen LogP contribution in [0, 0.1) is 5.92 Å². The first-order chi connectivity index (χ1) is 18.9. The summed E-state index contributed by atoms with van der Waals surface area (Å²) < 4.78 is 17.6. The molecule has 0 aromatic heterocycles. The molecule has 40 heavy (non-hydrogen) atoms. The Morgan fingerprint density at radius 1 is 0.825 bits per heavy atom. The molecule has 214 valence electrons. The number of aliphatic carboxylic acids is 1. The van der Waals surface area contributed by atoms with Gasteiger partial charge in [-0.25, -0.2) is 9.59 Å². The summed E-state index contributed by atoms with van der Waals surface area (Å²) in [7, 11) is 0. The monoisotopic (exact) mass is 549 g/mol. The van der Waals surface area contributed by atoms with Crippen molar-refractivity contribution < 1.29 is 34.0 Å². The fourth-order valence-electron chi connectivity index (χ4n) is 4.27. The SMILES string of the molecule is CC(O)C(C)C(c1ccc(OCc2ccccc2)c(OCc2ccccc2)c1)[C@@H](NC(=O)OC(C)(C)C)C(=O)O. The average molecular weight is 550 g/mol. The van der Waals surface area contributed by atoms with Crippen LogP contribution < -0.4 is 14.8 Å². The molecule has 0 bridgehead atoms. The van der Waals surface area contributed by atoms with Crippen molar-refractivity contribution in [1.29, 1.82) is 0 Å². The van der Waals surface area contributed by atoms with Crippen molar-refractivity contribution in [2.24, 2.45) is 5.92 Å². The third-order valence-electron chi connectivity index (χ3n) is 6.45. The van der Waals surface area contributed by atoms with Gasteiger partial charge in [0.2, 0.25) is 0 Å². The second-order valence-corrected chi connectivity index (χ2v) is 10.8. The van der Waals surface area contributed by atoms with Crippen LogP contribution in [0.5, 0.6) is 11.5 Å². The minimum absolute atomic E-state index is 0.265. The maximum atomic E-state index is 12.6. The summed E-state index contributed by atoms with van der Waals surface area (Å²) in [4.78, 5) is 25.1. The number of nitrogens with one attached hydrogen (secondary N) is 1. The van der Waals surface area contributed by atoms with Crippen molar-refractivity contribution in [1.82, 2.24) is 5.32 Å². The molecule has 3 unspecified atom stereocenters. The van der Waals surface area contributed by atoms with Crippen molar-refractivity contribution in [3.05, 3.63) is 95.6 Å². The van der Waals surface area contributed by atoms with E-state index in [2.05, 4.69) is 5.32 Å². The van der Waals surface area contributed by atoms with E-state index in [0.29, 0.717) is 23.7 Å². The number of carboxylic acids is 1. The molecular weight excluding hydrogens is 510 g/mol. The van der Waals surface area contributed by atoms with E-state index in [1.165, 1.54) is 0 Å². The lowest BCUT2D eigenvalue weighted by atomic mass is 9.79. The van der Waals surface area contributed by atoms with Crippen LogP contribution in [0.25, 0.3) is 0 Å². The molecule has 0 saturated carbocycles. The number of aliphatic hydroxyl groups excluding tert-OH is 1. The molecule has 0 aliphatic heterocycles. The van der Waals surface area contributed by atoms with E-state index >= 15 is 0 Å². The van der Waals surface area contributed by atoms with Crippen molar-refractivity contribution in [3.8, 4) is 11.5 Å². The highest BCUT2D eigenvalue weighted by atomic mass is 16.6. The van der Waals surface area contributed by atoms with Crippen LogP contribution in [-0.2, 0) is 22.7 Å². The van der Waals surface area contributed by atoms with Crippen LogP contribution in [0.4, 0.5) is 4.79 Å². The van der Waals surface area contributed by atoms with Crippen molar-refractivity contribution in [2.45, 2.75) is 71.5 Å². The van der Waals surface area contributed by atoms with E-state index in [9.17, 15) is 19.8 Å². The van der Waals surface area contributed by atoms with Crippen molar-refractivity contribution in [3.63, 3.8) is 0 Å². The van der Waals surface area contributed by atoms with E-state index in [4.69, 9.17) is 14.2 Å². The first-order valence-corrected chi connectivity index (χ1v) is 13.3. The number of aliphatic hydroxyl groups is 1. The van der Waals surface area contributed by atoms with Gasteiger partial charge in [0.25, 0.3) is 0 Å². The number of carbonyl (C=O) groups is 2. The van der Waals surface area contributed by atoms with Gasteiger partial charge in [0, 0.05) is 5.92 Å². The molecular formula is C32H39NO7. The van der Waals surface area contributed by atoms with Gasteiger partial charge in [0.1, 0.15) is 24.9 Å². The van der Waals surface area contributed by atoms with Gasteiger partial charge in [-0.2, -0.15) is 0 Å². The Bertz CT molecular complexity index is 1240. The van der Waals surface area contributed by atoms with Gasteiger partial charge >= 0.3 is 12.1 Å². The average Bonchev–Trinajstić information content (AvgIpc) is 2.90. The van der Waals surface area contributed by atoms with Crippen molar-refractivity contribution in [2.75, 3.05) is 0 Å².